The van der Waals surface area contributed by atoms with Gasteiger partial charge < -0.3 is 0 Å². The molecule has 0 spiro atoms. The van der Waals surface area contributed by atoms with Gasteiger partial charge in [-0.15, -0.1) is 0 Å². The van der Waals surface area contributed by atoms with E-state index in [1.54, 1.807) is 0 Å². The molecule has 0 fully saturated rings. The van der Waals surface area contributed by atoms with Gasteiger partial charge in [-0.1, -0.05) is 104 Å². The molecule has 0 saturated carbocycles. The van der Waals surface area contributed by atoms with Crippen LogP contribution in [0.5, 0.6) is 0 Å². The molecule has 6 nitrogen and oxygen atoms in total. The third kappa shape index (κ3) is 5.59. The molecule has 0 aliphatic heterocycles. The van der Waals surface area contributed by atoms with Crippen LogP contribution in [0.3, 0.4) is 0 Å². The third-order valence-electron chi connectivity index (χ3n) is 3.82. The number of nitrogens with zero attached hydrogens (tertiary/aromatic N) is 3. The zero-order chi connectivity index (χ0) is 21.7. The van der Waals surface area contributed by atoms with Gasteiger partial charge in [-0.25, -0.2) is 28.1 Å². The van der Waals surface area contributed by atoms with Gasteiger partial charge in [0.25, 0.3) is 0 Å². The van der Waals surface area contributed by atoms with Crippen molar-refractivity contribution in [1.82, 2.24) is 13.7 Å². The average molecular weight is 565 g/mol. The lowest BCUT2D eigenvalue weighted by Crippen LogP contribution is -2.59. The Kier molecular flexibility index (Phi) is 8.34. The van der Waals surface area contributed by atoms with Gasteiger partial charge in [0.1, 0.15) is 0 Å². The first-order valence-corrected chi connectivity index (χ1v) is 10.4. The summed E-state index contributed by atoms with van der Waals surface area (Å²) in [5.41, 5.74) is -3.47. The predicted molar refractivity (Wildman–Crippen MR) is 114 cm³/mol. The number of rotatable bonds is 3. The molecule has 156 valence electrons. The summed E-state index contributed by atoms with van der Waals surface area (Å²) in [5.74, 6) is 0. The molecule has 0 aliphatic rings. The molecule has 15 heteroatoms. The number of hydrogen-bond donors (Lipinski definition) is 0. The molecule has 0 aromatic carbocycles. The molecule has 0 N–H and O–H groups in total. The van der Waals surface area contributed by atoms with E-state index in [2.05, 4.69) is 0 Å². The highest BCUT2D eigenvalue weighted by Gasteiger charge is 2.40. The van der Waals surface area contributed by atoms with Crippen LogP contribution in [0.4, 0.5) is 0 Å². The van der Waals surface area contributed by atoms with Gasteiger partial charge in [0.2, 0.25) is 11.4 Å². The molecule has 1 aromatic rings. The van der Waals surface area contributed by atoms with Gasteiger partial charge in [-0.2, -0.15) is 0 Å². The smallest absolute Gasteiger partial charge is 0.247 e. The van der Waals surface area contributed by atoms with Crippen molar-refractivity contribution in [2.24, 2.45) is 0 Å². The molecule has 1 heterocycles. The van der Waals surface area contributed by atoms with E-state index in [1.165, 1.54) is 20.8 Å². The Morgan fingerprint density at radius 1 is 0.519 bits per heavy atom. The van der Waals surface area contributed by atoms with Crippen LogP contribution < -0.4 is 17.1 Å². The van der Waals surface area contributed by atoms with E-state index in [1.807, 2.05) is 0 Å². The van der Waals surface area contributed by atoms with E-state index in [9.17, 15) is 14.4 Å². The number of alkyl halides is 9. The Bertz CT molecular complexity index is 728. The fraction of sp³-hybridized carbons (Fsp3) is 0.750. The maximum Gasteiger partial charge on any atom is 0.337 e. The SMILES string of the molecule is CC(n1c(=O)n(C(C)C(Cl)(Cl)Cl)c(=O)n(C(C)C(Cl)(Cl)Cl)c1=O)C(Cl)(Cl)Cl. The average Bonchev–Trinajstić information content (AvgIpc) is 2.43. The fourth-order valence-electron chi connectivity index (χ4n) is 2.03. The maximum atomic E-state index is 12.9. The van der Waals surface area contributed by atoms with Crippen LogP contribution in [0.1, 0.15) is 38.9 Å². The summed E-state index contributed by atoms with van der Waals surface area (Å²) in [6.07, 6.45) is 0. The Morgan fingerprint density at radius 3 is 0.778 bits per heavy atom. The minimum atomic E-state index is -2.09. The van der Waals surface area contributed by atoms with E-state index in [-0.39, 0.29) is 0 Å². The van der Waals surface area contributed by atoms with Crippen LogP contribution >= 0.6 is 104 Å². The molecule has 3 atom stereocenters. The summed E-state index contributed by atoms with van der Waals surface area (Å²) in [6, 6.07) is -3.94. The third-order valence-corrected chi connectivity index (χ3v) is 6.66. The number of halogens is 9. The van der Waals surface area contributed by atoms with E-state index >= 15 is 0 Å². The highest BCUT2D eigenvalue weighted by atomic mass is 35.6. The summed E-state index contributed by atoms with van der Waals surface area (Å²) in [7, 11) is 0. The Hall–Kier alpha value is 1.02. The van der Waals surface area contributed by atoms with Crippen molar-refractivity contribution in [2.75, 3.05) is 0 Å². The van der Waals surface area contributed by atoms with Gasteiger partial charge in [0.05, 0.1) is 18.1 Å². The van der Waals surface area contributed by atoms with Gasteiger partial charge in [-0.3, -0.25) is 0 Å². The molecule has 0 bridgehead atoms. The molecular formula is C12H12Cl9N3O3. The highest BCUT2D eigenvalue weighted by molar-refractivity contribution is 6.68. The second-order valence-corrected chi connectivity index (χ2v) is 12.7. The maximum absolute atomic E-state index is 12.9. The minimum absolute atomic E-state index is 0.522. The molecule has 0 saturated heterocycles. The molecular weight excluding hydrogens is 553 g/mol. The Balaban J connectivity index is 4.12. The van der Waals surface area contributed by atoms with Gasteiger partial charge >= 0.3 is 17.1 Å². The largest absolute Gasteiger partial charge is 0.337 e. The molecule has 1 aromatic heterocycles. The molecule has 0 amide bonds. The van der Waals surface area contributed by atoms with Crippen molar-refractivity contribution in [3.8, 4) is 0 Å². The fourth-order valence-corrected chi connectivity index (χ4v) is 2.91. The molecule has 0 radical (unpaired) electrons. The van der Waals surface area contributed by atoms with E-state index < -0.39 is 46.6 Å². The molecule has 3 unspecified atom stereocenters. The molecule has 1 rings (SSSR count). The first-order valence-electron chi connectivity index (χ1n) is 7.03. The van der Waals surface area contributed by atoms with Crippen LogP contribution in [0, 0.1) is 0 Å². The first kappa shape index (κ1) is 26.1. The van der Waals surface area contributed by atoms with Crippen molar-refractivity contribution < 1.29 is 0 Å². The van der Waals surface area contributed by atoms with Crippen molar-refractivity contribution >= 4 is 104 Å². The summed E-state index contributed by atoms with van der Waals surface area (Å²) >= 11 is 52.4. The standard InChI is InChI=1S/C12H12Cl9N3O3/c1-4(10(13,14)15)22-7(25)23(5(2)11(16,17)18)9(27)24(8(22)26)6(3)12(19,20)21/h4-6H,1-3H3. The van der Waals surface area contributed by atoms with E-state index in [0.717, 1.165) is 0 Å². The number of aromatic nitrogens is 3. The summed E-state index contributed by atoms with van der Waals surface area (Å²) in [4.78, 5) is 38.6. The lowest BCUT2D eigenvalue weighted by molar-refractivity contribution is 0.356. The first-order chi connectivity index (χ1) is 11.8. The normalized spacial score (nSPS) is 16.9. The lowest BCUT2D eigenvalue weighted by atomic mass is 10.3. The van der Waals surface area contributed by atoms with Crippen LogP contribution in [0.2, 0.25) is 0 Å². The molecule has 27 heavy (non-hydrogen) atoms. The van der Waals surface area contributed by atoms with Crippen molar-refractivity contribution in [2.45, 2.75) is 50.3 Å². The second kappa shape index (κ2) is 8.64. The summed E-state index contributed by atoms with van der Waals surface area (Å²) < 4.78 is -4.70. The minimum Gasteiger partial charge on any atom is -0.247 e. The van der Waals surface area contributed by atoms with Crippen LogP contribution in [-0.2, 0) is 0 Å². The van der Waals surface area contributed by atoms with Gasteiger partial charge in [-0.05, 0) is 20.8 Å². The summed E-state index contributed by atoms with van der Waals surface area (Å²) in [6.45, 7) is 3.82. The quantitative estimate of drug-likeness (QED) is 0.487. The van der Waals surface area contributed by atoms with Gasteiger partial charge in [0.15, 0.2) is 0 Å². The van der Waals surface area contributed by atoms with E-state index in [0.29, 0.717) is 13.7 Å². The summed E-state index contributed by atoms with van der Waals surface area (Å²) in [5, 5.41) is 0. The van der Waals surface area contributed by atoms with Crippen molar-refractivity contribution in [3.05, 3.63) is 31.5 Å². The van der Waals surface area contributed by atoms with Crippen molar-refractivity contribution in [3.63, 3.8) is 0 Å². The Labute approximate surface area is 198 Å². The Morgan fingerprint density at radius 2 is 0.667 bits per heavy atom. The monoisotopic (exact) mass is 561 g/mol. The van der Waals surface area contributed by atoms with E-state index in [4.69, 9.17) is 104 Å². The van der Waals surface area contributed by atoms with Gasteiger partial charge in [0, 0.05) is 0 Å². The second-order valence-electron chi connectivity index (χ2n) is 5.61. The molecule has 0 aliphatic carbocycles. The highest BCUT2D eigenvalue weighted by Crippen LogP contribution is 2.39. The van der Waals surface area contributed by atoms with Crippen LogP contribution in [0.25, 0.3) is 0 Å². The van der Waals surface area contributed by atoms with Crippen molar-refractivity contribution in [1.29, 1.82) is 0 Å². The van der Waals surface area contributed by atoms with Crippen LogP contribution in [-0.4, -0.2) is 25.1 Å². The predicted octanol–water partition coefficient (Wildman–Crippen LogP) is 4.97. The zero-order valence-corrected chi connectivity index (χ0v) is 20.5. The lowest BCUT2D eigenvalue weighted by Gasteiger charge is -2.29. The topological polar surface area (TPSA) is 66.0 Å². The van der Waals surface area contributed by atoms with Crippen LogP contribution in [0.15, 0.2) is 14.4 Å². The zero-order valence-electron chi connectivity index (χ0n) is 13.7. The number of hydrogen-bond acceptors (Lipinski definition) is 3.